The number of rotatable bonds is 3. The molecule has 0 aliphatic carbocycles. The minimum Gasteiger partial charge on any atom is -0.545 e. The molecular formula is C12H4F9O4S-. The van der Waals surface area contributed by atoms with Gasteiger partial charge in [-0.25, -0.2) is 8.42 Å². The Morgan fingerprint density at radius 2 is 1.35 bits per heavy atom. The first-order valence-corrected chi connectivity index (χ1v) is 7.41. The summed E-state index contributed by atoms with van der Waals surface area (Å²) in [5.74, 6) is -2.11. The molecule has 0 aliphatic rings. The first-order chi connectivity index (χ1) is 11.4. The van der Waals surface area contributed by atoms with Crippen LogP contribution in [0.25, 0.3) is 6.08 Å². The lowest BCUT2D eigenvalue weighted by atomic mass is 9.99. The highest BCUT2D eigenvalue weighted by Gasteiger charge is 2.54. The van der Waals surface area contributed by atoms with Crippen molar-refractivity contribution in [2.45, 2.75) is 22.8 Å². The van der Waals surface area contributed by atoms with Crippen LogP contribution >= 0.6 is 0 Å². The van der Waals surface area contributed by atoms with Crippen molar-refractivity contribution < 1.29 is 57.8 Å². The zero-order valence-corrected chi connectivity index (χ0v) is 12.6. The molecular weight excluding hydrogens is 411 g/mol. The summed E-state index contributed by atoms with van der Waals surface area (Å²) in [5, 5.41) is 10.2. The third kappa shape index (κ3) is 4.28. The van der Waals surface area contributed by atoms with Gasteiger partial charge in [-0.15, -0.1) is 0 Å². The van der Waals surface area contributed by atoms with Gasteiger partial charge in [0.25, 0.3) is 9.84 Å². The molecule has 0 aliphatic heterocycles. The summed E-state index contributed by atoms with van der Waals surface area (Å²) >= 11 is 0. The molecule has 0 atom stereocenters. The van der Waals surface area contributed by atoms with E-state index in [2.05, 4.69) is 0 Å². The fourth-order valence-electron chi connectivity index (χ4n) is 1.83. The van der Waals surface area contributed by atoms with Gasteiger partial charge in [0.05, 0.1) is 22.0 Å². The Morgan fingerprint density at radius 1 is 0.885 bits per heavy atom. The number of halogens is 9. The van der Waals surface area contributed by atoms with Crippen LogP contribution in [0, 0.1) is 0 Å². The van der Waals surface area contributed by atoms with Crippen molar-refractivity contribution >= 4 is 21.9 Å². The summed E-state index contributed by atoms with van der Waals surface area (Å²) in [7, 11) is -6.79. The van der Waals surface area contributed by atoms with Gasteiger partial charge >= 0.3 is 17.9 Å². The SMILES string of the molecule is O=C([O-])/C=C/c1ccc(S(=O)(=O)C(F)(F)F)c(C(F)(F)F)c1C(F)(F)F. The smallest absolute Gasteiger partial charge is 0.501 e. The molecule has 0 heterocycles. The first-order valence-electron chi connectivity index (χ1n) is 5.92. The van der Waals surface area contributed by atoms with Crippen molar-refractivity contribution in [1.29, 1.82) is 0 Å². The van der Waals surface area contributed by atoms with Crippen molar-refractivity contribution in [2.24, 2.45) is 0 Å². The van der Waals surface area contributed by atoms with E-state index >= 15 is 0 Å². The van der Waals surface area contributed by atoms with Crippen molar-refractivity contribution in [1.82, 2.24) is 0 Å². The maximum Gasteiger partial charge on any atom is 0.501 e. The second-order valence-electron chi connectivity index (χ2n) is 4.50. The predicted molar refractivity (Wildman–Crippen MR) is 63.7 cm³/mol. The molecule has 0 N–H and O–H groups in total. The number of carboxylic acids is 1. The van der Waals surface area contributed by atoms with Crippen LogP contribution in [0.3, 0.4) is 0 Å². The second-order valence-corrected chi connectivity index (χ2v) is 6.41. The van der Waals surface area contributed by atoms with Gasteiger partial charge in [0.2, 0.25) is 0 Å². The lowest BCUT2D eigenvalue weighted by Crippen LogP contribution is -2.29. The zero-order valence-electron chi connectivity index (χ0n) is 11.8. The molecule has 0 radical (unpaired) electrons. The van der Waals surface area contributed by atoms with Gasteiger partial charge in [-0.05, 0) is 17.7 Å². The van der Waals surface area contributed by atoms with Gasteiger partial charge in [0.1, 0.15) is 0 Å². The number of alkyl halides is 9. The average molecular weight is 415 g/mol. The van der Waals surface area contributed by atoms with E-state index in [9.17, 15) is 57.8 Å². The highest BCUT2D eigenvalue weighted by molar-refractivity contribution is 7.92. The van der Waals surface area contributed by atoms with Gasteiger partial charge in [0, 0.05) is 0 Å². The largest absolute Gasteiger partial charge is 0.545 e. The van der Waals surface area contributed by atoms with Crippen molar-refractivity contribution in [3.05, 3.63) is 34.9 Å². The summed E-state index contributed by atoms with van der Waals surface area (Å²) in [6.07, 6.45) is -12.3. The number of benzene rings is 1. The standard InChI is InChI=1S/C12H5F9O4S/c13-10(14,15)8-5(2-4-7(22)23)1-3-6(9(8)11(16,17)18)26(24,25)12(19,20)21/h1-4H,(H,22,23)/p-1/b4-2+. The maximum atomic E-state index is 13.1. The molecule has 1 aromatic rings. The molecule has 1 rings (SSSR count). The van der Waals surface area contributed by atoms with Crippen LogP contribution in [0.4, 0.5) is 39.5 Å². The van der Waals surface area contributed by atoms with Crippen molar-refractivity contribution in [3.8, 4) is 0 Å². The molecule has 26 heavy (non-hydrogen) atoms. The van der Waals surface area contributed by atoms with E-state index in [0.29, 0.717) is 0 Å². The second kappa shape index (κ2) is 6.48. The van der Waals surface area contributed by atoms with E-state index < -0.39 is 55.3 Å². The third-order valence-electron chi connectivity index (χ3n) is 2.76. The topological polar surface area (TPSA) is 74.3 Å². The Kier molecular flexibility index (Phi) is 5.43. The molecule has 4 nitrogen and oxygen atoms in total. The molecule has 14 heteroatoms. The van der Waals surface area contributed by atoms with E-state index in [4.69, 9.17) is 0 Å². The quantitative estimate of drug-likeness (QED) is 0.562. The number of carboxylic acid groups (broad SMARTS) is 1. The number of hydrogen-bond donors (Lipinski definition) is 0. The number of aliphatic carboxylic acids is 1. The van der Waals surface area contributed by atoms with Crippen LogP contribution in [-0.2, 0) is 27.0 Å². The molecule has 0 aromatic heterocycles. The maximum absolute atomic E-state index is 13.1. The molecule has 0 amide bonds. The minimum atomic E-state index is -6.79. The summed E-state index contributed by atoms with van der Waals surface area (Å²) in [4.78, 5) is 7.57. The fraction of sp³-hybridized carbons (Fsp3) is 0.250. The Morgan fingerprint density at radius 3 is 1.69 bits per heavy atom. The Balaban J connectivity index is 4.09. The Labute approximate surface area is 138 Å². The molecule has 146 valence electrons. The van der Waals surface area contributed by atoms with Gasteiger partial charge < -0.3 is 9.90 Å². The number of sulfone groups is 1. The van der Waals surface area contributed by atoms with Gasteiger partial charge in [0.15, 0.2) is 0 Å². The van der Waals surface area contributed by atoms with Gasteiger partial charge in [-0.2, -0.15) is 39.5 Å². The van der Waals surface area contributed by atoms with E-state index in [0.717, 1.165) is 0 Å². The fourth-order valence-corrected chi connectivity index (χ4v) is 2.81. The van der Waals surface area contributed by atoms with Crippen LogP contribution in [0.5, 0.6) is 0 Å². The molecule has 0 spiro atoms. The van der Waals surface area contributed by atoms with Crippen LogP contribution in [0.15, 0.2) is 23.1 Å². The van der Waals surface area contributed by atoms with Crippen LogP contribution in [0.2, 0.25) is 0 Å². The molecule has 0 bridgehead atoms. The molecule has 0 saturated carbocycles. The van der Waals surface area contributed by atoms with E-state index in [-0.39, 0.29) is 24.3 Å². The molecule has 0 unspecified atom stereocenters. The van der Waals surface area contributed by atoms with Crippen LogP contribution in [-0.4, -0.2) is 19.9 Å². The molecule has 0 fully saturated rings. The summed E-state index contributed by atoms with van der Waals surface area (Å²) < 4.78 is 138. The Bertz CT molecular complexity index is 845. The summed E-state index contributed by atoms with van der Waals surface area (Å²) in [6, 6.07) is -0.369. The van der Waals surface area contributed by atoms with Crippen LogP contribution in [0.1, 0.15) is 16.7 Å². The zero-order chi connectivity index (χ0) is 20.7. The van der Waals surface area contributed by atoms with Gasteiger partial charge in [-0.1, -0.05) is 12.1 Å². The first kappa shape index (κ1) is 21.8. The number of hydrogen-bond acceptors (Lipinski definition) is 4. The van der Waals surface area contributed by atoms with E-state index in [1.54, 1.807) is 0 Å². The number of carbonyl (C=O) groups is 1. The highest BCUT2D eigenvalue weighted by Crippen LogP contribution is 2.47. The molecule has 1 aromatic carbocycles. The normalized spacial score (nSPS) is 14.0. The van der Waals surface area contributed by atoms with E-state index in [1.807, 2.05) is 0 Å². The monoisotopic (exact) mass is 415 g/mol. The lowest BCUT2D eigenvalue weighted by molar-refractivity contribution is -0.297. The number of carbonyl (C=O) groups excluding carboxylic acids is 1. The predicted octanol–water partition coefficient (Wildman–Crippen LogP) is 2.78. The van der Waals surface area contributed by atoms with Crippen molar-refractivity contribution in [3.63, 3.8) is 0 Å². The minimum absolute atomic E-state index is 0.0165. The lowest BCUT2D eigenvalue weighted by Gasteiger charge is -2.21. The summed E-state index contributed by atoms with van der Waals surface area (Å²) in [6.45, 7) is 0. The van der Waals surface area contributed by atoms with Crippen LogP contribution < -0.4 is 5.11 Å². The summed E-state index contributed by atoms with van der Waals surface area (Å²) in [5.41, 5.74) is -13.7. The van der Waals surface area contributed by atoms with Crippen molar-refractivity contribution in [2.75, 3.05) is 0 Å². The molecule has 0 saturated heterocycles. The average Bonchev–Trinajstić information content (AvgIpc) is 2.40. The third-order valence-corrected chi connectivity index (χ3v) is 4.29. The van der Waals surface area contributed by atoms with Gasteiger partial charge in [-0.3, -0.25) is 0 Å². The Hall–Kier alpha value is -2.25. The highest BCUT2D eigenvalue weighted by atomic mass is 32.2. The van der Waals surface area contributed by atoms with E-state index in [1.165, 1.54) is 0 Å².